The highest BCUT2D eigenvalue weighted by Crippen LogP contribution is 2.31. The average Bonchev–Trinajstić information content (AvgIpc) is 2.15. The first-order chi connectivity index (χ1) is 3.97. The molecule has 0 atom stereocenters. The number of hydrogen-bond acceptors (Lipinski definition) is 5. The lowest BCUT2D eigenvalue weighted by Gasteiger charge is -1.83. The first-order valence-electron chi connectivity index (χ1n) is 2.00. The van der Waals surface area contributed by atoms with Gasteiger partial charge in [-0.15, -0.1) is 0 Å². The Bertz CT molecular complexity index is 180. The highest BCUT2D eigenvalue weighted by Gasteiger charge is 2.14. The summed E-state index contributed by atoms with van der Waals surface area (Å²) in [6, 6.07) is 0. The number of hydrogen-bond donors (Lipinski definition) is 1. The first kappa shape index (κ1) is 4.11. The van der Waals surface area contributed by atoms with E-state index in [0.717, 1.165) is 0 Å². The summed E-state index contributed by atoms with van der Waals surface area (Å²) < 4.78 is 0. The van der Waals surface area contributed by atoms with E-state index in [4.69, 9.17) is 0 Å². The number of nitrogens with zero attached hydrogens (tertiary/aromatic N) is 1. The largest absolute Gasteiger partial charge is 0.299 e. The van der Waals surface area contributed by atoms with Crippen molar-refractivity contribution < 1.29 is 9.88 Å². The van der Waals surface area contributed by atoms with E-state index in [0.29, 0.717) is 10.9 Å². The summed E-state index contributed by atoms with van der Waals surface area (Å²) in [6.45, 7) is 0. The fraction of sp³-hybridized carbons (Fsp3) is 0. The maximum Gasteiger partial charge on any atom is 0.267 e. The van der Waals surface area contributed by atoms with Crippen molar-refractivity contribution in [2.24, 2.45) is 0 Å². The van der Waals surface area contributed by atoms with Crippen LogP contribution in [0.5, 0.6) is 5.06 Å². The van der Waals surface area contributed by atoms with Gasteiger partial charge in [0, 0.05) is 0 Å². The third kappa shape index (κ3) is 0.395. The van der Waals surface area contributed by atoms with Gasteiger partial charge in [-0.3, -0.25) is 4.89 Å². The molecular formula is C3H2N2O2S. The van der Waals surface area contributed by atoms with E-state index in [2.05, 4.69) is 20.3 Å². The predicted molar refractivity (Wildman–Crippen MR) is 27.4 cm³/mol. The molecule has 0 radical (unpaired) electrons. The topological polar surface area (TPSA) is 43.4 Å². The maximum absolute atomic E-state index is 4.58. The molecule has 4 nitrogen and oxygen atoms in total. The fourth-order valence-corrected chi connectivity index (χ4v) is 0.994. The van der Waals surface area contributed by atoms with Gasteiger partial charge in [0.05, 0.1) is 5.51 Å². The molecule has 2 heterocycles. The molecule has 0 amide bonds. The smallest absolute Gasteiger partial charge is 0.267 e. The van der Waals surface area contributed by atoms with Crippen LogP contribution in [-0.4, -0.2) is 4.98 Å². The van der Waals surface area contributed by atoms with Gasteiger partial charge in [0.25, 0.3) is 5.06 Å². The van der Waals surface area contributed by atoms with Crippen molar-refractivity contribution in [2.45, 2.75) is 0 Å². The van der Waals surface area contributed by atoms with Crippen LogP contribution in [0.3, 0.4) is 0 Å². The van der Waals surface area contributed by atoms with Crippen molar-refractivity contribution in [1.82, 2.24) is 4.98 Å². The lowest BCUT2D eigenvalue weighted by Crippen LogP contribution is -1.93. The van der Waals surface area contributed by atoms with Gasteiger partial charge in [-0.05, 0) is 0 Å². The number of anilines is 1. The van der Waals surface area contributed by atoms with Crippen LogP contribution in [-0.2, 0) is 4.99 Å². The molecule has 0 aromatic carbocycles. The minimum absolute atomic E-state index is 0.662. The van der Waals surface area contributed by atoms with Gasteiger partial charge < -0.3 is 0 Å². The lowest BCUT2D eigenvalue weighted by molar-refractivity contribution is -0.158. The normalized spacial score (nSPS) is 14.5. The molecule has 1 N–H and O–H groups in total. The quantitative estimate of drug-likeness (QED) is 0.527. The Labute approximate surface area is 48.9 Å². The zero-order chi connectivity index (χ0) is 5.40. The van der Waals surface area contributed by atoms with Crippen LogP contribution in [0.4, 0.5) is 5.82 Å². The number of rotatable bonds is 0. The van der Waals surface area contributed by atoms with Gasteiger partial charge in [-0.1, -0.05) is 16.3 Å². The molecule has 0 spiro atoms. The van der Waals surface area contributed by atoms with Crippen molar-refractivity contribution >= 4 is 17.2 Å². The average molecular weight is 130 g/mol. The summed E-state index contributed by atoms with van der Waals surface area (Å²) in [7, 11) is 0. The SMILES string of the molecule is c1nc2c(s1)OON2. The van der Waals surface area contributed by atoms with Crippen LogP contribution in [0.1, 0.15) is 0 Å². The van der Waals surface area contributed by atoms with Crippen molar-refractivity contribution in [1.29, 1.82) is 0 Å². The molecule has 42 valence electrons. The van der Waals surface area contributed by atoms with Crippen molar-refractivity contribution in [3.05, 3.63) is 5.51 Å². The van der Waals surface area contributed by atoms with Crippen molar-refractivity contribution in [2.75, 3.05) is 5.48 Å². The molecule has 8 heavy (non-hydrogen) atoms. The Morgan fingerprint density at radius 2 is 2.75 bits per heavy atom. The lowest BCUT2D eigenvalue weighted by atomic mass is 10.8. The summed E-state index contributed by atoms with van der Waals surface area (Å²) >= 11 is 1.39. The van der Waals surface area contributed by atoms with Crippen LogP contribution in [0.25, 0.3) is 0 Å². The van der Waals surface area contributed by atoms with Gasteiger partial charge in [0.15, 0.2) is 0 Å². The van der Waals surface area contributed by atoms with E-state index < -0.39 is 0 Å². The zero-order valence-electron chi connectivity index (χ0n) is 3.75. The molecule has 1 aliphatic rings. The molecule has 0 saturated heterocycles. The summed E-state index contributed by atoms with van der Waals surface area (Å²) in [5.41, 5.74) is 4.14. The Morgan fingerprint density at radius 1 is 1.75 bits per heavy atom. The standard InChI is InChI=1S/C3H2N2O2S/c1-4-2-3(8-1)6-7-5-2/h1,5H. The summed E-state index contributed by atoms with van der Waals surface area (Å²) in [5.74, 6) is 0.662. The van der Waals surface area contributed by atoms with E-state index in [-0.39, 0.29) is 0 Å². The second-order valence-electron chi connectivity index (χ2n) is 1.26. The third-order valence-electron chi connectivity index (χ3n) is 0.791. The molecule has 0 unspecified atom stereocenters. The van der Waals surface area contributed by atoms with Crippen LogP contribution in [0.15, 0.2) is 5.51 Å². The molecule has 0 saturated carbocycles. The Hall–Kier alpha value is -0.810. The maximum atomic E-state index is 4.58. The minimum Gasteiger partial charge on any atom is -0.299 e. The zero-order valence-corrected chi connectivity index (χ0v) is 4.57. The highest BCUT2D eigenvalue weighted by atomic mass is 32.1. The molecule has 0 fully saturated rings. The van der Waals surface area contributed by atoms with Crippen molar-refractivity contribution in [3.8, 4) is 5.06 Å². The molecular weight excluding hydrogens is 128 g/mol. The molecule has 1 aromatic heterocycles. The van der Waals surface area contributed by atoms with Crippen molar-refractivity contribution in [3.63, 3.8) is 0 Å². The predicted octanol–water partition coefficient (Wildman–Crippen LogP) is 0.794. The molecule has 1 aromatic rings. The van der Waals surface area contributed by atoms with E-state index in [1.807, 2.05) is 0 Å². The minimum atomic E-state index is 0.662. The Balaban J connectivity index is 2.54. The Morgan fingerprint density at radius 3 is 3.62 bits per heavy atom. The highest BCUT2D eigenvalue weighted by molar-refractivity contribution is 7.12. The first-order valence-corrected chi connectivity index (χ1v) is 2.88. The van der Waals surface area contributed by atoms with E-state index in [1.54, 1.807) is 5.51 Å². The monoisotopic (exact) mass is 130 g/mol. The fourth-order valence-electron chi connectivity index (χ4n) is 0.461. The van der Waals surface area contributed by atoms with Gasteiger partial charge >= 0.3 is 0 Å². The molecule has 5 heteroatoms. The number of fused-ring (bicyclic) bond motifs is 1. The second-order valence-corrected chi connectivity index (χ2v) is 2.07. The number of nitrogens with one attached hydrogen (secondary N) is 1. The number of aromatic nitrogens is 1. The molecule has 2 rings (SSSR count). The van der Waals surface area contributed by atoms with E-state index in [1.165, 1.54) is 11.3 Å². The molecule has 0 bridgehead atoms. The Kier molecular flexibility index (Phi) is 0.684. The van der Waals surface area contributed by atoms with Crippen LogP contribution in [0, 0.1) is 0 Å². The van der Waals surface area contributed by atoms with Gasteiger partial charge in [0.2, 0.25) is 5.82 Å². The summed E-state index contributed by atoms with van der Waals surface area (Å²) in [5, 5.41) is 0.685. The summed E-state index contributed by atoms with van der Waals surface area (Å²) in [4.78, 5) is 12.8. The van der Waals surface area contributed by atoms with Gasteiger partial charge in [-0.2, -0.15) is 0 Å². The second kappa shape index (κ2) is 1.33. The van der Waals surface area contributed by atoms with Crippen LogP contribution >= 0.6 is 11.3 Å². The van der Waals surface area contributed by atoms with E-state index in [9.17, 15) is 0 Å². The van der Waals surface area contributed by atoms with Gasteiger partial charge in [-0.25, -0.2) is 10.5 Å². The van der Waals surface area contributed by atoms with Gasteiger partial charge in [0.1, 0.15) is 0 Å². The molecule has 1 aliphatic heterocycles. The number of thiazole rings is 1. The molecule has 0 aliphatic carbocycles. The summed E-state index contributed by atoms with van der Waals surface area (Å²) in [6.07, 6.45) is 0. The van der Waals surface area contributed by atoms with E-state index >= 15 is 0 Å². The third-order valence-corrected chi connectivity index (χ3v) is 1.48. The van der Waals surface area contributed by atoms with Crippen LogP contribution < -0.4 is 10.4 Å². The van der Waals surface area contributed by atoms with Crippen LogP contribution in [0.2, 0.25) is 0 Å².